The van der Waals surface area contributed by atoms with E-state index in [1.165, 1.54) is 19.3 Å². The molecule has 4 aromatic rings. The highest BCUT2D eigenvalue weighted by Gasteiger charge is 2.38. The van der Waals surface area contributed by atoms with Gasteiger partial charge in [-0.15, -0.1) is 0 Å². The molecule has 2 aliphatic heterocycles. The molecule has 2 N–H and O–H groups in total. The summed E-state index contributed by atoms with van der Waals surface area (Å²) in [5, 5.41) is 2.81. The molecule has 0 aliphatic carbocycles. The lowest BCUT2D eigenvalue weighted by molar-refractivity contribution is 0.0993. The predicted molar refractivity (Wildman–Crippen MR) is 150 cm³/mol. The first-order valence-electron chi connectivity index (χ1n) is 12.9. The van der Waals surface area contributed by atoms with Crippen molar-refractivity contribution in [1.29, 1.82) is 0 Å². The Labute approximate surface area is 229 Å². The molecule has 3 heterocycles. The van der Waals surface area contributed by atoms with Gasteiger partial charge in [-0.2, -0.15) is 4.98 Å². The summed E-state index contributed by atoms with van der Waals surface area (Å²) in [7, 11) is 0. The van der Waals surface area contributed by atoms with Crippen LogP contribution in [0.5, 0.6) is 6.01 Å². The van der Waals surface area contributed by atoms with Crippen LogP contribution in [0.25, 0.3) is 11.0 Å². The van der Waals surface area contributed by atoms with Gasteiger partial charge in [-0.25, -0.2) is 4.79 Å². The number of amides is 2. The Morgan fingerprint density at radius 3 is 2.74 bits per heavy atom. The fraction of sp³-hybridized carbons (Fsp3) is 0.276. The fourth-order valence-corrected chi connectivity index (χ4v) is 5.77. The molecular formula is C29H28BrN5O3. The van der Waals surface area contributed by atoms with Crippen molar-refractivity contribution in [2.75, 3.05) is 31.1 Å². The summed E-state index contributed by atoms with van der Waals surface area (Å²) in [5.74, 6) is -0.0429. The molecule has 0 bridgehead atoms. The molecule has 1 aromatic heterocycles. The highest BCUT2D eigenvalue weighted by Crippen LogP contribution is 2.42. The summed E-state index contributed by atoms with van der Waals surface area (Å²) < 4.78 is 6.33. The minimum absolute atomic E-state index is 0.0429. The number of hydrogen-bond donors (Lipinski definition) is 2. The van der Waals surface area contributed by atoms with E-state index in [-0.39, 0.29) is 18.0 Å². The van der Waals surface area contributed by atoms with Crippen molar-refractivity contribution in [2.45, 2.75) is 25.3 Å². The summed E-state index contributed by atoms with van der Waals surface area (Å²) in [6.07, 6.45) is 3.18. The molecule has 2 aliphatic rings. The summed E-state index contributed by atoms with van der Waals surface area (Å²) in [6.45, 7) is 3.51. The first-order valence-corrected chi connectivity index (χ1v) is 13.7. The van der Waals surface area contributed by atoms with Gasteiger partial charge < -0.3 is 19.9 Å². The van der Waals surface area contributed by atoms with Gasteiger partial charge in [-0.3, -0.25) is 9.69 Å². The van der Waals surface area contributed by atoms with Crippen LogP contribution >= 0.6 is 15.9 Å². The van der Waals surface area contributed by atoms with Crippen LogP contribution in [0.2, 0.25) is 0 Å². The number of nitrogens with one attached hydrogen (secondary N) is 2. The van der Waals surface area contributed by atoms with Crippen LogP contribution in [0.1, 0.15) is 46.8 Å². The zero-order valence-electron chi connectivity index (χ0n) is 20.8. The average molecular weight is 574 g/mol. The minimum Gasteiger partial charge on any atom is -0.375 e. The number of likely N-dealkylation sites (tertiary alicyclic amines) is 1. The van der Waals surface area contributed by atoms with E-state index in [0.717, 1.165) is 46.4 Å². The second-order valence-corrected chi connectivity index (χ2v) is 10.6. The van der Waals surface area contributed by atoms with Crippen LogP contribution < -0.4 is 15.0 Å². The molecule has 0 spiro atoms. The number of hydrogen-bond acceptors (Lipinski definition) is 5. The van der Waals surface area contributed by atoms with E-state index in [0.29, 0.717) is 17.6 Å². The van der Waals surface area contributed by atoms with Crippen LogP contribution in [0, 0.1) is 0 Å². The summed E-state index contributed by atoms with van der Waals surface area (Å²) in [5.41, 5.74) is 4.77. The Balaban J connectivity index is 1.22. The molecule has 6 rings (SSSR count). The number of aromatic amines is 1. The van der Waals surface area contributed by atoms with Crippen molar-refractivity contribution in [3.63, 3.8) is 0 Å². The zero-order valence-corrected chi connectivity index (χ0v) is 22.4. The van der Waals surface area contributed by atoms with Gasteiger partial charge in [0.1, 0.15) is 0 Å². The van der Waals surface area contributed by atoms with Crippen molar-refractivity contribution < 1.29 is 14.3 Å². The number of piperidine rings is 1. The molecule has 0 radical (unpaired) electrons. The smallest absolute Gasteiger partial charge is 0.375 e. The maximum absolute atomic E-state index is 13.5. The first kappa shape index (κ1) is 24.6. The number of ether oxygens (including phenoxy) is 1. The van der Waals surface area contributed by atoms with E-state index in [1.807, 2.05) is 71.6 Å². The van der Waals surface area contributed by atoms with E-state index in [9.17, 15) is 9.59 Å². The lowest BCUT2D eigenvalue weighted by atomic mass is 9.97. The maximum atomic E-state index is 13.5. The third-order valence-electron chi connectivity index (χ3n) is 7.18. The zero-order chi connectivity index (χ0) is 26.1. The number of anilines is 1. The topological polar surface area (TPSA) is 90.6 Å². The number of halogens is 1. The molecule has 3 aromatic carbocycles. The predicted octanol–water partition coefficient (Wildman–Crippen LogP) is 5.65. The van der Waals surface area contributed by atoms with Gasteiger partial charge >= 0.3 is 12.1 Å². The average Bonchev–Trinajstić information content (AvgIpc) is 3.46. The molecule has 1 atom stereocenters. The van der Waals surface area contributed by atoms with E-state index in [2.05, 4.69) is 36.1 Å². The Morgan fingerprint density at radius 1 is 1.05 bits per heavy atom. The number of benzene rings is 3. The van der Waals surface area contributed by atoms with Crippen molar-refractivity contribution in [3.05, 3.63) is 87.9 Å². The van der Waals surface area contributed by atoms with Gasteiger partial charge in [-0.05, 0) is 73.5 Å². The van der Waals surface area contributed by atoms with E-state index in [4.69, 9.17) is 4.74 Å². The quantitative estimate of drug-likeness (QED) is 0.311. The monoisotopic (exact) mass is 573 g/mol. The third kappa shape index (κ3) is 4.91. The summed E-state index contributed by atoms with van der Waals surface area (Å²) in [6, 6.07) is 21.1. The number of H-pyrrole nitrogens is 1. The standard InChI is InChI=1S/C29H28BrN5O3/c30-20-7-6-8-21(18-20)35-26(22-9-2-3-10-23(22)27(35)36)19-11-12-24-25(17-19)33-28(32-24)38-29(37)31-13-16-34-14-4-1-5-15-34/h2-3,6-12,17-18,26H,1,4-5,13-16H2,(H,31,37)(H,32,33). The Bertz CT molecular complexity index is 1500. The molecule has 8 nitrogen and oxygen atoms in total. The fourth-order valence-electron chi connectivity index (χ4n) is 5.38. The largest absolute Gasteiger partial charge is 0.415 e. The van der Waals surface area contributed by atoms with Gasteiger partial charge in [0.15, 0.2) is 0 Å². The number of aromatic nitrogens is 2. The van der Waals surface area contributed by atoms with Gasteiger partial charge in [0.05, 0.1) is 17.1 Å². The molecule has 1 fully saturated rings. The number of carbonyl (C=O) groups excluding carboxylic acids is 2. The molecule has 2 amide bonds. The first-order chi connectivity index (χ1) is 18.6. The van der Waals surface area contributed by atoms with Crippen LogP contribution in [0.3, 0.4) is 0 Å². The van der Waals surface area contributed by atoms with Crippen molar-refractivity contribution in [1.82, 2.24) is 20.2 Å². The SMILES string of the molecule is O=C(NCCN1CCCCC1)Oc1nc2ccc(C3c4ccccc4C(=O)N3c3cccc(Br)c3)cc2[nH]1. The van der Waals surface area contributed by atoms with Crippen LogP contribution in [0.4, 0.5) is 10.5 Å². The van der Waals surface area contributed by atoms with Gasteiger partial charge in [0.2, 0.25) is 0 Å². The van der Waals surface area contributed by atoms with E-state index in [1.54, 1.807) is 0 Å². The lowest BCUT2D eigenvalue weighted by Gasteiger charge is -2.26. The number of fused-ring (bicyclic) bond motifs is 2. The van der Waals surface area contributed by atoms with Gasteiger partial charge in [0.25, 0.3) is 5.91 Å². The second kappa shape index (κ2) is 10.6. The number of nitrogens with zero attached hydrogens (tertiary/aromatic N) is 3. The summed E-state index contributed by atoms with van der Waals surface area (Å²) >= 11 is 3.53. The van der Waals surface area contributed by atoms with Crippen molar-refractivity contribution in [2.24, 2.45) is 0 Å². The molecule has 1 saturated heterocycles. The minimum atomic E-state index is -0.530. The number of imidazole rings is 1. The van der Waals surface area contributed by atoms with Crippen LogP contribution in [0.15, 0.2) is 71.2 Å². The number of carbonyl (C=O) groups is 2. The Kier molecular flexibility index (Phi) is 6.86. The van der Waals surface area contributed by atoms with Gasteiger partial charge in [-0.1, -0.05) is 52.7 Å². The molecule has 194 valence electrons. The highest BCUT2D eigenvalue weighted by molar-refractivity contribution is 9.10. The Hall–Kier alpha value is -3.69. The van der Waals surface area contributed by atoms with Crippen molar-refractivity contribution in [3.8, 4) is 6.01 Å². The van der Waals surface area contributed by atoms with Crippen molar-refractivity contribution >= 4 is 44.7 Å². The molecule has 1 unspecified atom stereocenters. The second-order valence-electron chi connectivity index (χ2n) is 9.68. The molecule has 38 heavy (non-hydrogen) atoms. The maximum Gasteiger partial charge on any atom is 0.415 e. The Morgan fingerprint density at radius 2 is 1.89 bits per heavy atom. The highest BCUT2D eigenvalue weighted by atomic mass is 79.9. The molecule has 0 saturated carbocycles. The molecular weight excluding hydrogens is 546 g/mol. The summed E-state index contributed by atoms with van der Waals surface area (Å²) in [4.78, 5) is 37.6. The van der Waals surface area contributed by atoms with E-state index >= 15 is 0 Å². The third-order valence-corrected chi connectivity index (χ3v) is 7.68. The lowest BCUT2D eigenvalue weighted by Crippen LogP contribution is -2.38. The normalized spacial score (nSPS) is 17.6. The molecule has 9 heteroatoms. The number of rotatable bonds is 6. The van der Waals surface area contributed by atoms with Crippen LogP contribution in [-0.4, -0.2) is 53.0 Å². The van der Waals surface area contributed by atoms with Gasteiger partial charge in [0, 0.05) is 28.8 Å². The van der Waals surface area contributed by atoms with E-state index < -0.39 is 6.09 Å². The van der Waals surface area contributed by atoms with Crippen LogP contribution in [-0.2, 0) is 0 Å².